The summed E-state index contributed by atoms with van der Waals surface area (Å²) in [5.74, 6) is 0. The maximum atomic E-state index is 8.78. The van der Waals surface area contributed by atoms with Crippen molar-refractivity contribution in [1.82, 2.24) is 0 Å². The van der Waals surface area contributed by atoms with Gasteiger partial charge in [-0.2, -0.15) is 0 Å². The van der Waals surface area contributed by atoms with Crippen molar-refractivity contribution in [3.63, 3.8) is 0 Å². The van der Waals surface area contributed by atoms with Gasteiger partial charge in [0.15, 0.2) is 0 Å². The molecule has 0 spiro atoms. The Morgan fingerprint density at radius 2 is 1.75 bits per heavy atom. The van der Waals surface area contributed by atoms with Crippen molar-refractivity contribution < 1.29 is 10.0 Å². The molecule has 4 heteroatoms. The SMILES string of the molecule is C[C@H](N)c1ccc(B(O)O)cc1. The van der Waals surface area contributed by atoms with Gasteiger partial charge in [0.1, 0.15) is 0 Å². The van der Waals surface area contributed by atoms with Gasteiger partial charge < -0.3 is 15.8 Å². The second-order valence-electron chi connectivity index (χ2n) is 2.83. The first kappa shape index (κ1) is 9.25. The number of nitrogens with two attached hydrogens (primary N) is 1. The maximum absolute atomic E-state index is 8.78. The second kappa shape index (κ2) is 3.71. The van der Waals surface area contributed by atoms with Gasteiger partial charge in [0.2, 0.25) is 0 Å². The van der Waals surface area contributed by atoms with Crippen LogP contribution in [-0.2, 0) is 0 Å². The van der Waals surface area contributed by atoms with Crippen LogP contribution in [0.1, 0.15) is 18.5 Å². The summed E-state index contributed by atoms with van der Waals surface area (Å²) in [5, 5.41) is 17.6. The molecular weight excluding hydrogens is 153 g/mol. The average molecular weight is 165 g/mol. The summed E-state index contributed by atoms with van der Waals surface area (Å²) in [6.07, 6.45) is 0. The molecule has 0 heterocycles. The summed E-state index contributed by atoms with van der Waals surface area (Å²) in [6, 6.07) is 6.88. The molecule has 0 unspecified atom stereocenters. The molecule has 1 aromatic carbocycles. The first-order chi connectivity index (χ1) is 5.61. The summed E-state index contributed by atoms with van der Waals surface area (Å²) >= 11 is 0. The molecule has 3 nitrogen and oxygen atoms in total. The highest BCUT2D eigenvalue weighted by molar-refractivity contribution is 6.58. The molecule has 0 amide bonds. The normalized spacial score (nSPS) is 12.7. The van der Waals surface area contributed by atoms with Crippen LogP contribution < -0.4 is 11.2 Å². The van der Waals surface area contributed by atoms with Crippen LogP contribution in [-0.4, -0.2) is 17.2 Å². The van der Waals surface area contributed by atoms with Gasteiger partial charge in [-0.3, -0.25) is 0 Å². The zero-order chi connectivity index (χ0) is 9.14. The van der Waals surface area contributed by atoms with Gasteiger partial charge in [-0.05, 0) is 17.9 Å². The molecule has 0 aromatic heterocycles. The molecule has 4 N–H and O–H groups in total. The first-order valence-corrected chi connectivity index (χ1v) is 3.83. The maximum Gasteiger partial charge on any atom is 0.488 e. The van der Waals surface area contributed by atoms with Gasteiger partial charge in [0.05, 0.1) is 0 Å². The summed E-state index contributed by atoms with van der Waals surface area (Å²) in [5.41, 5.74) is 7.09. The first-order valence-electron chi connectivity index (χ1n) is 3.83. The van der Waals surface area contributed by atoms with E-state index in [9.17, 15) is 0 Å². The molecule has 0 aliphatic heterocycles. The van der Waals surface area contributed by atoms with E-state index >= 15 is 0 Å². The summed E-state index contributed by atoms with van der Waals surface area (Å²) in [4.78, 5) is 0. The van der Waals surface area contributed by atoms with Crippen LogP contribution in [0.15, 0.2) is 24.3 Å². The minimum atomic E-state index is -1.40. The minimum Gasteiger partial charge on any atom is -0.423 e. The lowest BCUT2D eigenvalue weighted by Crippen LogP contribution is -2.29. The van der Waals surface area contributed by atoms with E-state index in [0.717, 1.165) is 5.56 Å². The van der Waals surface area contributed by atoms with Gasteiger partial charge in [0, 0.05) is 6.04 Å². The zero-order valence-corrected chi connectivity index (χ0v) is 6.94. The molecule has 0 saturated heterocycles. The number of benzene rings is 1. The smallest absolute Gasteiger partial charge is 0.423 e. The third kappa shape index (κ3) is 2.07. The highest BCUT2D eigenvalue weighted by Gasteiger charge is 2.09. The Hall–Kier alpha value is -0.835. The molecule has 0 aliphatic rings. The molecule has 1 aromatic rings. The van der Waals surface area contributed by atoms with E-state index in [2.05, 4.69) is 0 Å². The van der Waals surface area contributed by atoms with E-state index in [0.29, 0.717) is 5.46 Å². The predicted octanol–water partition coefficient (Wildman–Crippen LogP) is -0.614. The molecule has 0 saturated carbocycles. The Morgan fingerprint density at radius 1 is 1.25 bits per heavy atom. The van der Waals surface area contributed by atoms with Crippen molar-refractivity contribution in [2.24, 2.45) is 5.73 Å². The van der Waals surface area contributed by atoms with Crippen LogP contribution in [0.5, 0.6) is 0 Å². The molecule has 0 fully saturated rings. The largest absolute Gasteiger partial charge is 0.488 e. The number of hydrogen-bond donors (Lipinski definition) is 3. The Kier molecular flexibility index (Phi) is 2.86. The third-order valence-corrected chi connectivity index (χ3v) is 1.76. The average Bonchev–Trinajstić information content (AvgIpc) is 2.04. The van der Waals surface area contributed by atoms with Crippen molar-refractivity contribution in [3.05, 3.63) is 29.8 Å². The van der Waals surface area contributed by atoms with Gasteiger partial charge in [0.25, 0.3) is 0 Å². The Bertz CT molecular complexity index is 219. The fourth-order valence-corrected chi connectivity index (χ4v) is 0.972. The lowest BCUT2D eigenvalue weighted by molar-refractivity contribution is 0.426. The van der Waals surface area contributed by atoms with Crippen LogP contribution in [0.25, 0.3) is 0 Å². The van der Waals surface area contributed by atoms with Crippen molar-refractivity contribution in [2.45, 2.75) is 13.0 Å². The topological polar surface area (TPSA) is 66.5 Å². The monoisotopic (exact) mass is 165 g/mol. The summed E-state index contributed by atoms with van der Waals surface area (Å²) in [6.45, 7) is 1.88. The second-order valence-corrected chi connectivity index (χ2v) is 2.83. The zero-order valence-electron chi connectivity index (χ0n) is 6.94. The van der Waals surface area contributed by atoms with Crippen molar-refractivity contribution in [1.29, 1.82) is 0 Å². The molecule has 0 bridgehead atoms. The molecule has 1 rings (SSSR count). The lowest BCUT2D eigenvalue weighted by atomic mass is 9.80. The van der Waals surface area contributed by atoms with Gasteiger partial charge >= 0.3 is 7.12 Å². The van der Waals surface area contributed by atoms with E-state index in [1.165, 1.54) is 0 Å². The third-order valence-electron chi connectivity index (χ3n) is 1.76. The predicted molar refractivity (Wildman–Crippen MR) is 48.9 cm³/mol. The van der Waals surface area contributed by atoms with E-state index in [1.807, 2.05) is 6.92 Å². The van der Waals surface area contributed by atoms with Gasteiger partial charge in [-0.15, -0.1) is 0 Å². The summed E-state index contributed by atoms with van der Waals surface area (Å²) in [7, 11) is -1.40. The molecule has 64 valence electrons. The van der Waals surface area contributed by atoms with E-state index in [-0.39, 0.29) is 6.04 Å². The quantitative estimate of drug-likeness (QED) is 0.512. The Balaban J connectivity index is 2.86. The van der Waals surface area contributed by atoms with Crippen molar-refractivity contribution in [2.75, 3.05) is 0 Å². The van der Waals surface area contributed by atoms with Crippen molar-refractivity contribution >= 4 is 12.6 Å². The van der Waals surface area contributed by atoms with Crippen LogP contribution in [0, 0.1) is 0 Å². The molecule has 0 radical (unpaired) electrons. The molecule has 1 atom stereocenters. The molecule has 0 aliphatic carbocycles. The van der Waals surface area contributed by atoms with Gasteiger partial charge in [-0.1, -0.05) is 24.3 Å². The number of hydrogen-bond acceptors (Lipinski definition) is 3. The summed E-state index contributed by atoms with van der Waals surface area (Å²) < 4.78 is 0. The fraction of sp³-hybridized carbons (Fsp3) is 0.250. The van der Waals surface area contributed by atoms with Crippen LogP contribution in [0.2, 0.25) is 0 Å². The van der Waals surface area contributed by atoms with E-state index < -0.39 is 7.12 Å². The lowest BCUT2D eigenvalue weighted by Gasteiger charge is -2.05. The number of rotatable bonds is 2. The highest BCUT2D eigenvalue weighted by Crippen LogP contribution is 2.06. The molecular formula is C8H12BNO2. The van der Waals surface area contributed by atoms with E-state index in [4.69, 9.17) is 15.8 Å². The van der Waals surface area contributed by atoms with E-state index in [1.54, 1.807) is 24.3 Å². The minimum absolute atomic E-state index is 0.0186. The Labute approximate surface area is 72.0 Å². The fourth-order valence-electron chi connectivity index (χ4n) is 0.972. The molecule has 12 heavy (non-hydrogen) atoms. The standard InChI is InChI=1S/C8H12BNO2/c1-6(10)7-2-4-8(5-3-7)9(11)12/h2-6,11-12H,10H2,1H3/t6-/m0/s1. The van der Waals surface area contributed by atoms with Crippen LogP contribution in [0.4, 0.5) is 0 Å². The van der Waals surface area contributed by atoms with Crippen LogP contribution >= 0.6 is 0 Å². The van der Waals surface area contributed by atoms with Crippen molar-refractivity contribution in [3.8, 4) is 0 Å². The van der Waals surface area contributed by atoms with Crippen LogP contribution in [0.3, 0.4) is 0 Å². The highest BCUT2D eigenvalue weighted by atomic mass is 16.4. The Morgan fingerprint density at radius 3 is 2.08 bits per heavy atom. The van der Waals surface area contributed by atoms with Gasteiger partial charge in [-0.25, -0.2) is 0 Å².